The number of ether oxygens (including phenoxy) is 2. The lowest BCUT2D eigenvalue weighted by Gasteiger charge is -2.31. The molecule has 0 aromatic carbocycles. The first-order valence-electron chi connectivity index (χ1n) is 7.92. The fourth-order valence-electron chi connectivity index (χ4n) is 2.71. The summed E-state index contributed by atoms with van der Waals surface area (Å²) in [6.07, 6.45) is 3.72. The van der Waals surface area contributed by atoms with E-state index in [1.54, 1.807) is 0 Å². The summed E-state index contributed by atoms with van der Waals surface area (Å²) in [5.74, 6) is 1.64. The SMILES string of the molecule is CCCNc1cc(C)nc(COC2CC(C)OC(C)C2)n1. The minimum Gasteiger partial charge on any atom is -0.375 e. The van der Waals surface area contributed by atoms with Crippen molar-refractivity contribution in [3.05, 3.63) is 17.6 Å². The molecule has 0 saturated carbocycles. The molecule has 1 aromatic heterocycles. The summed E-state index contributed by atoms with van der Waals surface area (Å²) in [5.41, 5.74) is 0.968. The Bertz CT molecular complexity index is 443. The van der Waals surface area contributed by atoms with Crippen LogP contribution in [-0.4, -0.2) is 34.8 Å². The largest absolute Gasteiger partial charge is 0.375 e. The van der Waals surface area contributed by atoms with E-state index < -0.39 is 0 Å². The molecule has 5 heteroatoms. The van der Waals surface area contributed by atoms with Crippen molar-refractivity contribution in [1.29, 1.82) is 0 Å². The van der Waals surface area contributed by atoms with Crippen molar-refractivity contribution in [3.8, 4) is 0 Å². The molecule has 0 radical (unpaired) electrons. The molecule has 1 N–H and O–H groups in total. The molecule has 1 aromatic rings. The molecule has 1 fully saturated rings. The van der Waals surface area contributed by atoms with Gasteiger partial charge in [-0.05, 0) is 40.0 Å². The van der Waals surface area contributed by atoms with Crippen LogP contribution in [0.2, 0.25) is 0 Å². The molecule has 1 saturated heterocycles. The van der Waals surface area contributed by atoms with E-state index in [4.69, 9.17) is 9.47 Å². The molecular weight excluding hydrogens is 266 g/mol. The summed E-state index contributed by atoms with van der Waals surface area (Å²) in [6.45, 7) is 9.71. The third kappa shape index (κ3) is 5.25. The second-order valence-electron chi connectivity index (χ2n) is 5.90. The smallest absolute Gasteiger partial charge is 0.156 e. The number of aromatic nitrogens is 2. The van der Waals surface area contributed by atoms with Gasteiger partial charge in [0.15, 0.2) is 5.82 Å². The monoisotopic (exact) mass is 293 g/mol. The lowest BCUT2D eigenvalue weighted by atomic mass is 10.0. The number of aryl methyl sites for hydroxylation is 1. The van der Waals surface area contributed by atoms with Gasteiger partial charge in [-0.15, -0.1) is 0 Å². The molecule has 118 valence electrons. The van der Waals surface area contributed by atoms with Crippen LogP contribution in [0.25, 0.3) is 0 Å². The van der Waals surface area contributed by atoms with Gasteiger partial charge in [0.2, 0.25) is 0 Å². The van der Waals surface area contributed by atoms with E-state index in [0.29, 0.717) is 6.61 Å². The van der Waals surface area contributed by atoms with E-state index in [9.17, 15) is 0 Å². The van der Waals surface area contributed by atoms with Gasteiger partial charge in [-0.1, -0.05) is 6.92 Å². The van der Waals surface area contributed by atoms with Crippen molar-refractivity contribution in [3.63, 3.8) is 0 Å². The Hall–Kier alpha value is -1.20. The molecule has 0 aliphatic carbocycles. The maximum atomic E-state index is 5.99. The average molecular weight is 293 g/mol. The molecule has 0 amide bonds. The number of hydrogen-bond donors (Lipinski definition) is 1. The Morgan fingerprint density at radius 2 is 2.00 bits per heavy atom. The predicted molar refractivity (Wildman–Crippen MR) is 83.4 cm³/mol. The zero-order valence-electron chi connectivity index (χ0n) is 13.6. The fraction of sp³-hybridized carbons (Fsp3) is 0.750. The van der Waals surface area contributed by atoms with E-state index >= 15 is 0 Å². The molecule has 2 heterocycles. The first kappa shape index (κ1) is 16.2. The number of hydrogen-bond acceptors (Lipinski definition) is 5. The predicted octanol–water partition coefficient (Wildman–Crippen LogP) is 3.08. The van der Waals surface area contributed by atoms with Crippen molar-refractivity contribution < 1.29 is 9.47 Å². The maximum absolute atomic E-state index is 5.99. The van der Waals surface area contributed by atoms with E-state index in [2.05, 4.69) is 36.1 Å². The van der Waals surface area contributed by atoms with E-state index in [-0.39, 0.29) is 18.3 Å². The molecule has 0 spiro atoms. The Morgan fingerprint density at radius 3 is 2.67 bits per heavy atom. The first-order chi connectivity index (χ1) is 10.1. The highest BCUT2D eigenvalue weighted by Crippen LogP contribution is 2.22. The number of rotatable bonds is 6. The van der Waals surface area contributed by atoms with Gasteiger partial charge in [0.25, 0.3) is 0 Å². The highest BCUT2D eigenvalue weighted by atomic mass is 16.5. The van der Waals surface area contributed by atoms with Crippen LogP contribution in [0.5, 0.6) is 0 Å². The maximum Gasteiger partial charge on any atom is 0.156 e. The van der Waals surface area contributed by atoms with Crippen LogP contribution in [0.4, 0.5) is 5.82 Å². The lowest BCUT2D eigenvalue weighted by Crippen LogP contribution is -2.34. The average Bonchev–Trinajstić information content (AvgIpc) is 2.41. The minimum atomic E-state index is 0.236. The number of anilines is 1. The van der Waals surface area contributed by atoms with Crippen molar-refractivity contribution in [2.75, 3.05) is 11.9 Å². The molecule has 21 heavy (non-hydrogen) atoms. The molecule has 2 rings (SSSR count). The van der Waals surface area contributed by atoms with Gasteiger partial charge in [0.05, 0.1) is 18.3 Å². The van der Waals surface area contributed by atoms with Gasteiger partial charge >= 0.3 is 0 Å². The van der Waals surface area contributed by atoms with Crippen LogP contribution in [-0.2, 0) is 16.1 Å². The van der Waals surface area contributed by atoms with Crippen molar-refractivity contribution in [2.24, 2.45) is 0 Å². The standard InChI is InChI=1S/C16H27N3O2/c1-5-6-17-15-7-11(2)18-16(19-15)10-20-14-8-12(3)21-13(4)9-14/h7,12-14H,5-6,8-10H2,1-4H3,(H,17,18,19). The first-order valence-corrected chi connectivity index (χ1v) is 7.92. The van der Waals surface area contributed by atoms with Gasteiger partial charge in [0.1, 0.15) is 12.4 Å². The van der Waals surface area contributed by atoms with Crippen LogP contribution in [0.15, 0.2) is 6.07 Å². The molecule has 0 bridgehead atoms. The van der Waals surface area contributed by atoms with E-state index in [0.717, 1.165) is 43.1 Å². The molecule has 2 atom stereocenters. The van der Waals surface area contributed by atoms with Crippen LogP contribution in [0, 0.1) is 6.92 Å². The van der Waals surface area contributed by atoms with Crippen LogP contribution in [0.1, 0.15) is 51.6 Å². The number of nitrogens with one attached hydrogen (secondary N) is 1. The van der Waals surface area contributed by atoms with Crippen LogP contribution < -0.4 is 5.32 Å². The van der Waals surface area contributed by atoms with E-state index in [1.807, 2.05) is 13.0 Å². The highest BCUT2D eigenvalue weighted by Gasteiger charge is 2.25. The summed E-state index contributed by atoms with van der Waals surface area (Å²) in [6, 6.07) is 1.97. The minimum absolute atomic E-state index is 0.236. The Morgan fingerprint density at radius 1 is 1.29 bits per heavy atom. The van der Waals surface area contributed by atoms with Crippen LogP contribution in [0.3, 0.4) is 0 Å². The second kappa shape index (κ2) is 7.71. The molecular formula is C16H27N3O2. The zero-order valence-corrected chi connectivity index (χ0v) is 13.6. The van der Waals surface area contributed by atoms with Crippen molar-refractivity contribution in [1.82, 2.24) is 9.97 Å². The summed E-state index contributed by atoms with van der Waals surface area (Å²) >= 11 is 0. The number of nitrogens with zero attached hydrogens (tertiary/aromatic N) is 2. The van der Waals surface area contributed by atoms with Gasteiger partial charge in [-0.2, -0.15) is 0 Å². The quantitative estimate of drug-likeness (QED) is 0.873. The summed E-state index contributed by atoms with van der Waals surface area (Å²) < 4.78 is 11.7. The third-order valence-electron chi connectivity index (χ3n) is 3.56. The topological polar surface area (TPSA) is 56.3 Å². The van der Waals surface area contributed by atoms with Crippen molar-refractivity contribution >= 4 is 5.82 Å². The Balaban J connectivity index is 1.91. The summed E-state index contributed by atoms with van der Waals surface area (Å²) in [5, 5.41) is 3.30. The molecule has 2 unspecified atom stereocenters. The van der Waals surface area contributed by atoms with Gasteiger partial charge < -0.3 is 14.8 Å². The zero-order chi connectivity index (χ0) is 15.2. The summed E-state index contributed by atoms with van der Waals surface area (Å²) in [4.78, 5) is 8.97. The summed E-state index contributed by atoms with van der Waals surface area (Å²) in [7, 11) is 0. The van der Waals surface area contributed by atoms with Crippen molar-refractivity contribution in [2.45, 2.75) is 71.9 Å². The Labute approximate surface area is 127 Å². The van der Waals surface area contributed by atoms with Crippen LogP contribution >= 0.6 is 0 Å². The highest BCUT2D eigenvalue weighted by molar-refractivity contribution is 5.35. The van der Waals surface area contributed by atoms with Gasteiger partial charge in [0, 0.05) is 18.3 Å². The fourth-order valence-corrected chi connectivity index (χ4v) is 2.71. The van der Waals surface area contributed by atoms with Gasteiger partial charge in [-0.3, -0.25) is 0 Å². The lowest BCUT2D eigenvalue weighted by molar-refractivity contribution is -0.107. The normalized spacial score (nSPS) is 25.8. The molecule has 1 aliphatic rings. The second-order valence-corrected chi connectivity index (χ2v) is 5.90. The third-order valence-corrected chi connectivity index (χ3v) is 3.56. The van der Waals surface area contributed by atoms with Gasteiger partial charge in [-0.25, -0.2) is 9.97 Å². The van der Waals surface area contributed by atoms with E-state index in [1.165, 1.54) is 0 Å². The Kier molecular flexibility index (Phi) is 5.94. The molecule has 1 aliphatic heterocycles. The molecule has 5 nitrogen and oxygen atoms in total.